The van der Waals surface area contributed by atoms with E-state index in [1.165, 1.54) is 29.5 Å². The van der Waals surface area contributed by atoms with E-state index in [-0.39, 0.29) is 17.2 Å². The van der Waals surface area contributed by atoms with E-state index in [9.17, 15) is 9.90 Å². The van der Waals surface area contributed by atoms with Gasteiger partial charge in [0, 0.05) is 9.90 Å². The van der Waals surface area contributed by atoms with Crippen LogP contribution in [0.1, 0.15) is 20.1 Å². The molecule has 0 spiro atoms. The van der Waals surface area contributed by atoms with Crippen molar-refractivity contribution in [3.8, 4) is 17.6 Å². The van der Waals surface area contributed by atoms with Gasteiger partial charge in [-0.25, -0.2) is 0 Å². The van der Waals surface area contributed by atoms with Gasteiger partial charge in [-0.1, -0.05) is 23.4 Å². The van der Waals surface area contributed by atoms with Crippen LogP contribution in [0.5, 0.6) is 5.75 Å². The summed E-state index contributed by atoms with van der Waals surface area (Å²) >= 11 is 7.30. The summed E-state index contributed by atoms with van der Waals surface area (Å²) in [4.78, 5) is 13.9. The number of rotatable bonds is 3. The van der Waals surface area contributed by atoms with Crippen LogP contribution in [-0.2, 0) is 6.54 Å². The molecule has 0 unspecified atom stereocenters. The molecule has 0 saturated heterocycles. The highest BCUT2D eigenvalue weighted by Crippen LogP contribution is 2.21. The van der Waals surface area contributed by atoms with E-state index in [2.05, 4.69) is 17.2 Å². The molecule has 0 aliphatic heterocycles. The van der Waals surface area contributed by atoms with Crippen LogP contribution >= 0.6 is 22.9 Å². The zero-order chi connectivity index (χ0) is 15.2. The summed E-state index contributed by atoms with van der Waals surface area (Å²) in [6.45, 7) is 0.678. The number of carbonyl (C=O) groups is 1. The van der Waals surface area contributed by atoms with Gasteiger partial charge in [-0.15, -0.1) is 11.3 Å². The summed E-state index contributed by atoms with van der Waals surface area (Å²) in [5, 5.41) is 12.8. The van der Waals surface area contributed by atoms with Crippen LogP contribution in [0.2, 0.25) is 5.02 Å². The smallest absolute Gasteiger partial charge is 0.255 e. The first kappa shape index (κ1) is 15.4. The van der Waals surface area contributed by atoms with Gasteiger partial charge in [0.1, 0.15) is 5.75 Å². The maximum Gasteiger partial charge on any atom is 0.255 e. The van der Waals surface area contributed by atoms with Crippen molar-refractivity contribution in [3.05, 3.63) is 50.7 Å². The highest BCUT2D eigenvalue weighted by Gasteiger charge is 2.11. The molecule has 1 heterocycles. The van der Waals surface area contributed by atoms with E-state index in [1.54, 1.807) is 0 Å². The van der Waals surface area contributed by atoms with Crippen LogP contribution in [0.15, 0.2) is 30.3 Å². The fraction of sp³-hybridized carbons (Fsp3) is 0.133. The zero-order valence-electron chi connectivity index (χ0n) is 11.0. The Kier molecular flexibility index (Phi) is 5.23. The number of halogens is 1. The molecule has 1 aromatic carbocycles. The van der Waals surface area contributed by atoms with Gasteiger partial charge in [-0.2, -0.15) is 0 Å². The number of amides is 1. The Bertz CT molecular complexity index is 716. The summed E-state index contributed by atoms with van der Waals surface area (Å²) in [5.74, 6) is 5.23. The number of hydrogen-bond acceptors (Lipinski definition) is 4. The Hall–Kier alpha value is -2.00. The first-order valence-electron chi connectivity index (χ1n) is 6.14. The number of benzene rings is 1. The molecule has 0 fully saturated rings. The lowest BCUT2D eigenvalue weighted by Crippen LogP contribution is -2.22. The number of phenolic OH excluding ortho intramolecular Hbond substituents is 1. The molecule has 6 heteroatoms. The summed E-state index contributed by atoms with van der Waals surface area (Å²) in [6.07, 6.45) is 0. The third-order valence-electron chi connectivity index (χ3n) is 2.60. The number of nitrogens with two attached hydrogens (primary N) is 1. The largest absolute Gasteiger partial charge is 0.507 e. The van der Waals surface area contributed by atoms with Crippen molar-refractivity contribution in [2.45, 2.75) is 6.54 Å². The van der Waals surface area contributed by atoms with Crippen LogP contribution in [0.25, 0.3) is 0 Å². The standard InChI is InChI=1S/C15H13ClN2O2S/c16-10-3-6-14(19)13(8-10)15(20)18-9-12-5-4-11(21-12)2-1-7-17/h3-6,8,19H,7,9,17H2,(H,18,20). The minimum absolute atomic E-state index is 0.0995. The lowest BCUT2D eigenvalue weighted by molar-refractivity contribution is 0.0948. The van der Waals surface area contributed by atoms with Gasteiger partial charge in [0.05, 0.1) is 23.5 Å². The van der Waals surface area contributed by atoms with Gasteiger partial charge >= 0.3 is 0 Å². The molecule has 1 aromatic heterocycles. The monoisotopic (exact) mass is 320 g/mol. The Morgan fingerprint density at radius 1 is 1.38 bits per heavy atom. The number of aromatic hydroxyl groups is 1. The van der Waals surface area contributed by atoms with Crippen LogP contribution in [0.3, 0.4) is 0 Å². The molecule has 1 amide bonds. The molecule has 21 heavy (non-hydrogen) atoms. The van der Waals surface area contributed by atoms with E-state index in [0.717, 1.165) is 9.75 Å². The predicted molar refractivity (Wildman–Crippen MR) is 84.5 cm³/mol. The number of carbonyl (C=O) groups excluding carboxylic acids is 1. The molecule has 2 aromatic rings. The summed E-state index contributed by atoms with van der Waals surface area (Å²) < 4.78 is 0. The highest BCUT2D eigenvalue weighted by atomic mass is 35.5. The number of phenols is 1. The van der Waals surface area contributed by atoms with E-state index < -0.39 is 0 Å². The molecule has 0 bridgehead atoms. The van der Waals surface area contributed by atoms with E-state index in [4.69, 9.17) is 17.3 Å². The minimum atomic E-state index is -0.377. The fourth-order valence-corrected chi connectivity index (χ4v) is 2.63. The number of hydrogen-bond donors (Lipinski definition) is 3. The fourth-order valence-electron chi connectivity index (χ4n) is 1.63. The van der Waals surface area contributed by atoms with Gasteiger partial charge in [0.2, 0.25) is 0 Å². The van der Waals surface area contributed by atoms with Gasteiger partial charge < -0.3 is 16.2 Å². The number of thiophene rings is 1. The second-order valence-corrected chi connectivity index (χ2v) is 5.72. The van der Waals surface area contributed by atoms with Crippen LogP contribution < -0.4 is 11.1 Å². The quantitative estimate of drug-likeness (QED) is 0.760. The molecule has 4 N–H and O–H groups in total. The van der Waals surface area contributed by atoms with E-state index in [1.807, 2.05) is 12.1 Å². The molecule has 0 atom stereocenters. The molecule has 108 valence electrons. The second kappa shape index (κ2) is 7.14. The lowest BCUT2D eigenvalue weighted by Gasteiger charge is -2.06. The molecule has 0 aliphatic carbocycles. The molecular weight excluding hydrogens is 308 g/mol. The van der Waals surface area contributed by atoms with Gasteiger partial charge in [-0.3, -0.25) is 4.79 Å². The first-order chi connectivity index (χ1) is 10.1. The molecule has 0 aliphatic rings. The average molecular weight is 321 g/mol. The Morgan fingerprint density at radius 3 is 2.95 bits per heavy atom. The maximum atomic E-state index is 12.0. The Labute approximate surface area is 131 Å². The minimum Gasteiger partial charge on any atom is -0.507 e. The molecule has 0 radical (unpaired) electrons. The van der Waals surface area contributed by atoms with Crippen molar-refractivity contribution in [2.75, 3.05) is 6.54 Å². The van der Waals surface area contributed by atoms with E-state index >= 15 is 0 Å². The van der Waals surface area contributed by atoms with Gasteiger partial charge in [-0.05, 0) is 30.3 Å². The first-order valence-corrected chi connectivity index (χ1v) is 7.34. The Balaban J connectivity index is 2.01. The van der Waals surface area contributed by atoms with Crippen LogP contribution in [0, 0.1) is 11.8 Å². The summed E-state index contributed by atoms with van der Waals surface area (Å²) in [6, 6.07) is 8.12. The van der Waals surface area contributed by atoms with Crippen LogP contribution in [0.4, 0.5) is 0 Å². The van der Waals surface area contributed by atoms with Crippen molar-refractivity contribution in [1.82, 2.24) is 5.32 Å². The molecule has 0 saturated carbocycles. The molecule has 4 nitrogen and oxygen atoms in total. The van der Waals surface area contributed by atoms with Crippen molar-refractivity contribution in [3.63, 3.8) is 0 Å². The SMILES string of the molecule is NCC#Cc1ccc(CNC(=O)c2cc(Cl)ccc2O)s1. The normalized spacial score (nSPS) is 9.81. The maximum absolute atomic E-state index is 12.0. The van der Waals surface area contributed by atoms with E-state index in [0.29, 0.717) is 18.1 Å². The Morgan fingerprint density at radius 2 is 2.19 bits per heavy atom. The summed E-state index contributed by atoms with van der Waals surface area (Å²) in [7, 11) is 0. The average Bonchev–Trinajstić information content (AvgIpc) is 2.93. The molecule has 2 rings (SSSR count). The van der Waals surface area contributed by atoms with Crippen molar-refractivity contribution < 1.29 is 9.90 Å². The van der Waals surface area contributed by atoms with Crippen molar-refractivity contribution in [2.24, 2.45) is 5.73 Å². The topological polar surface area (TPSA) is 75.3 Å². The number of nitrogens with one attached hydrogen (secondary N) is 1. The molecular formula is C15H13ClN2O2S. The third kappa shape index (κ3) is 4.23. The second-order valence-electron chi connectivity index (χ2n) is 4.12. The third-order valence-corrected chi connectivity index (χ3v) is 3.84. The highest BCUT2D eigenvalue weighted by molar-refractivity contribution is 7.12. The van der Waals surface area contributed by atoms with Crippen molar-refractivity contribution >= 4 is 28.8 Å². The van der Waals surface area contributed by atoms with Gasteiger partial charge in [0.15, 0.2) is 0 Å². The summed E-state index contributed by atoms with van der Waals surface area (Å²) in [5.41, 5.74) is 5.47. The van der Waals surface area contributed by atoms with Crippen molar-refractivity contribution in [1.29, 1.82) is 0 Å². The van der Waals surface area contributed by atoms with Crippen LogP contribution in [-0.4, -0.2) is 17.6 Å². The zero-order valence-corrected chi connectivity index (χ0v) is 12.6. The predicted octanol–water partition coefficient (Wildman–Crippen LogP) is 2.35. The lowest BCUT2D eigenvalue weighted by atomic mass is 10.2. The van der Waals surface area contributed by atoms with Gasteiger partial charge in [0.25, 0.3) is 5.91 Å².